The molecule has 1 aliphatic carbocycles. The summed E-state index contributed by atoms with van der Waals surface area (Å²) in [6, 6.07) is 1.24. The van der Waals surface area contributed by atoms with Crippen LogP contribution in [0, 0.1) is 13.8 Å². The molecule has 0 amide bonds. The second kappa shape index (κ2) is 5.00. The van der Waals surface area contributed by atoms with Crippen molar-refractivity contribution in [2.75, 3.05) is 6.54 Å². The Morgan fingerprint density at radius 2 is 2.12 bits per heavy atom. The van der Waals surface area contributed by atoms with Gasteiger partial charge in [0.1, 0.15) is 0 Å². The topological polar surface area (TPSA) is 29.9 Å². The summed E-state index contributed by atoms with van der Waals surface area (Å²) < 4.78 is 2.38. The highest BCUT2D eigenvalue weighted by Crippen LogP contribution is 2.30. The highest BCUT2D eigenvalue weighted by Gasteiger charge is 2.26. The zero-order valence-electron chi connectivity index (χ0n) is 10.7. The molecule has 3 heteroatoms. The quantitative estimate of drug-likeness (QED) is 0.850. The first-order valence-corrected chi connectivity index (χ1v) is 6.47. The Kier molecular flexibility index (Phi) is 3.64. The molecule has 1 fully saturated rings. The summed E-state index contributed by atoms with van der Waals surface area (Å²) in [5.41, 5.74) is 2.50. The van der Waals surface area contributed by atoms with Gasteiger partial charge in [-0.2, -0.15) is 0 Å². The third-order valence-electron chi connectivity index (χ3n) is 3.84. The van der Waals surface area contributed by atoms with Crippen LogP contribution in [0.1, 0.15) is 50.0 Å². The molecule has 2 rings (SSSR count). The van der Waals surface area contributed by atoms with Crippen LogP contribution < -0.4 is 5.32 Å². The van der Waals surface area contributed by atoms with Gasteiger partial charge in [0.05, 0.1) is 18.1 Å². The standard InChI is InChI=1S/C13H23N3/c1-4-14-12-7-5-6-8-13(12)16-9-15-10(2)11(16)3/h9,12-14H,4-8H2,1-3H3. The fraction of sp³-hybridized carbons (Fsp3) is 0.769. The summed E-state index contributed by atoms with van der Waals surface area (Å²) >= 11 is 0. The van der Waals surface area contributed by atoms with Crippen molar-refractivity contribution in [2.45, 2.75) is 58.5 Å². The van der Waals surface area contributed by atoms with Gasteiger partial charge < -0.3 is 9.88 Å². The SMILES string of the molecule is CCNC1CCCCC1n1cnc(C)c1C. The minimum Gasteiger partial charge on any atom is -0.330 e. The van der Waals surface area contributed by atoms with E-state index in [4.69, 9.17) is 0 Å². The minimum absolute atomic E-state index is 0.606. The molecule has 1 aromatic heterocycles. The molecule has 0 radical (unpaired) electrons. The minimum atomic E-state index is 0.606. The Bertz CT molecular complexity index is 341. The fourth-order valence-corrected chi connectivity index (χ4v) is 2.79. The van der Waals surface area contributed by atoms with Gasteiger partial charge in [-0.3, -0.25) is 0 Å². The van der Waals surface area contributed by atoms with Gasteiger partial charge in [0.2, 0.25) is 0 Å². The van der Waals surface area contributed by atoms with Crippen molar-refractivity contribution in [1.29, 1.82) is 0 Å². The summed E-state index contributed by atoms with van der Waals surface area (Å²) in [4.78, 5) is 4.42. The summed E-state index contributed by atoms with van der Waals surface area (Å²) in [6.07, 6.45) is 7.32. The van der Waals surface area contributed by atoms with Gasteiger partial charge in [0.25, 0.3) is 0 Å². The van der Waals surface area contributed by atoms with Gasteiger partial charge in [-0.1, -0.05) is 19.8 Å². The van der Waals surface area contributed by atoms with Gasteiger partial charge in [-0.05, 0) is 33.2 Å². The number of nitrogens with zero attached hydrogens (tertiary/aromatic N) is 2. The normalized spacial score (nSPS) is 25.9. The second-order valence-corrected chi connectivity index (χ2v) is 4.84. The molecule has 0 aliphatic heterocycles. The molecule has 90 valence electrons. The first kappa shape index (κ1) is 11.6. The first-order chi connectivity index (χ1) is 7.74. The Labute approximate surface area is 98.3 Å². The van der Waals surface area contributed by atoms with Crippen LogP contribution in [0.4, 0.5) is 0 Å². The van der Waals surface area contributed by atoms with Crippen molar-refractivity contribution in [3.05, 3.63) is 17.7 Å². The van der Waals surface area contributed by atoms with E-state index in [-0.39, 0.29) is 0 Å². The molecule has 1 N–H and O–H groups in total. The molecule has 1 aromatic rings. The van der Waals surface area contributed by atoms with Crippen LogP contribution in [-0.2, 0) is 0 Å². The average Bonchev–Trinajstić information content (AvgIpc) is 2.61. The largest absolute Gasteiger partial charge is 0.330 e. The average molecular weight is 221 g/mol. The molecule has 1 saturated carbocycles. The highest BCUT2D eigenvalue weighted by molar-refractivity contribution is 5.11. The van der Waals surface area contributed by atoms with Crippen LogP contribution in [0.3, 0.4) is 0 Å². The predicted molar refractivity (Wildman–Crippen MR) is 66.7 cm³/mol. The molecule has 0 aromatic carbocycles. The smallest absolute Gasteiger partial charge is 0.0954 e. The number of nitrogens with one attached hydrogen (secondary N) is 1. The summed E-state index contributed by atoms with van der Waals surface area (Å²) in [6.45, 7) is 7.53. The summed E-state index contributed by atoms with van der Waals surface area (Å²) in [7, 11) is 0. The molecule has 3 nitrogen and oxygen atoms in total. The number of hydrogen-bond donors (Lipinski definition) is 1. The Morgan fingerprint density at radius 1 is 1.38 bits per heavy atom. The van der Waals surface area contributed by atoms with Crippen LogP contribution in [0.25, 0.3) is 0 Å². The van der Waals surface area contributed by atoms with Crippen LogP contribution in [0.2, 0.25) is 0 Å². The van der Waals surface area contributed by atoms with E-state index in [2.05, 4.69) is 35.6 Å². The zero-order valence-corrected chi connectivity index (χ0v) is 10.7. The number of aryl methyl sites for hydroxylation is 1. The van der Waals surface area contributed by atoms with E-state index in [1.165, 1.54) is 37.1 Å². The van der Waals surface area contributed by atoms with Gasteiger partial charge in [-0.15, -0.1) is 0 Å². The number of aromatic nitrogens is 2. The lowest BCUT2D eigenvalue weighted by Crippen LogP contribution is -2.39. The van der Waals surface area contributed by atoms with Crippen molar-refractivity contribution in [3.8, 4) is 0 Å². The lowest BCUT2D eigenvalue weighted by molar-refractivity contribution is 0.263. The van der Waals surface area contributed by atoms with Crippen molar-refractivity contribution in [3.63, 3.8) is 0 Å². The van der Waals surface area contributed by atoms with Crippen LogP contribution in [0.5, 0.6) is 0 Å². The second-order valence-electron chi connectivity index (χ2n) is 4.84. The fourth-order valence-electron chi connectivity index (χ4n) is 2.79. The molecule has 2 unspecified atom stereocenters. The van der Waals surface area contributed by atoms with E-state index >= 15 is 0 Å². The Hall–Kier alpha value is -0.830. The van der Waals surface area contributed by atoms with Crippen LogP contribution >= 0.6 is 0 Å². The maximum Gasteiger partial charge on any atom is 0.0954 e. The van der Waals surface area contributed by atoms with Gasteiger partial charge >= 0.3 is 0 Å². The number of rotatable bonds is 3. The molecule has 2 atom stereocenters. The summed E-state index contributed by atoms with van der Waals surface area (Å²) in [5.74, 6) is 0. The lowest BCUT2D eigenvalue weighted by Gasteiger charge is -2.33. The third kappa shape index (κ3) is 2.14. The van der Waals surface area contributed by atoms with E-state index < -0.39 is 0 Å². The molecular weight excluding hydrogens is 198 g/mol. The van der Waals surface area contributed by atoms with E-state index in [1.807, 2.05) is 6.33 Å². The Balaban J connectivity index is 2.19. The molecule has 0 bridgehead atoms. The number of hydrogen-bond acceptors (Lipinski definition) is 2. The van der Waals surface area contributed by atoms with Crippen LogP contribution in [0.15, 0.2) is 6.33 Å². The molecular formula is C13H23N3. The maximum absolute atomic E-state index is 4.42. The van der Waals surface area contributed by atoms with Gasteiger partial charge in [-0.25, -0.2) is 4.98 Å². The Morgan fingerprint density at radius 3 is 2.75 bits per heavy atom. The first-order valence-electron chi connectivity index (χ1n) is 6.47. The van der Waals surface area contributed by atoms with E-state index in [0.29, 0.717) is 12.1 Å². The maximum atomic E-state index is 4.42. The number of likely N-dealkylation sites (N-methyl/N-ethyl adjacent to an activating group) is 1. The highest BCUT2D eigenvalue weighted by atomic mass is 15.1. The predicted octanol–water partition coefficient (Wildman–Crippen LogP) is 2.59. The van der Waals surface area contributed by atoms with Crippen molar-refractivity contribution >= 4 is 0 Å². The molecule has 16 heavy (non-hydrogen) atoms. The molecule has 0 spiro atoms. The van der Waals surface area contributed by atoms with E-state index in [1.54, 1.807) is 0 Å². The van der Waals surface area contributed by atoms with Crippen LogP contribution in [-0.4, -0.2) is 22.1 Å². The molecule has 1 aliphatic rings. The monoisotopic (exact) mass is 221 g/mol. The van der Waals surface area contributed by atoms with Gasteiger partial charge in [0.15, 0.2) is 0 Å². The van der Waals surface area contributed by atoms with E-state index in [0.717, 1.165) is 6.54 Å². The zero-order chi connectivity index (χ0) is 11.5. The van der Waals surface area contributed by atoms with Crippen molar-refractivity contribution in [2.24, 2.45) is 0 Å². The molecule has 1 heterocycles. The van der Waals surface area contributed by atoms with Gasteiger partial charge in [0, 0.05) is 11.7 Å². The summed E-state index contributed by atoms with van der Waals surface area (Å²) in [5, 5.41) is 3.62. The molecule has 0 saturated heterocycles. The third-order valence-corrected chi connectivity index (χ3v) is 3.84. The lowest BCUT2D eigenvalue weighted by atomic mass is 9.90. The number of imidazole rings is 1. The van der Waals surface area contributed by atoms with Crippen molar-refractivity contribution in [1.82, 2.24) is 14.9 Å². The van der Waals surface area contributed by atoms with E-state index in [9.17, 15) is 0 Å². The van der Waals surface area contributed by atoms with Crippen molar-refractivity contribution < 1.29 is 0 Å².